The van der Waals surface area contributed by atoms with E-state index in [0.717, 1.165) is 28.0 Å². The van der Waals surface area contributed by atoms with Gasteiger partial charge in [0.1, 0.15) is 33.4 Å². The van der Waals surface area contributed by atoms with Crippen molar-refractivity contribution in [3.63, 3.8) is 0 Å². The van der Waals surface area contributed by atoms with Crippen LogP contribution in [0, 0.1) is 0 Å². The maximum Gasteiger partial charge on any atom is 0.413 e. The van der Waals surface area contributed by atoms with Crippen molar-refractivity contribution < 1.29 is 43.0 Å². The van der Waals surface area contributed by atoms with Gasteiger partial charge in [0.2, 0.25) is 5.76 Å². The summed E-state index contributed by atoms with van der Waals surface area (Å²) in [5.74, 6) is -3.76. The van der Waals surface area contributed by atoms with Crippen LogP contribution >= 0.6 is 46.6 Å². The van der Waals surface area contributed by atoms with Crippen LogP contribution in [0.4, 0.5) is 9.93 Å². The van der Waals surface area contributed by atoms with Gasteiger partial charge in [-0.15, -0.1) is 40.0 Å². The van der Waals surface area contributed by atoms with E-state index in [1.165, 1.54) is 45.6 Å². The predicted octanol–water partition coefficient (Wildman–Crippen LogP) is 13.0. The number of benzene rings is 7. The number of H-pyrrole nitrogens is 1. The number of anilines is 1. The summed E-state index contributed by atoms with van der Waals surface area (Å²) in [6.07, 6.45) is -0.853. The van der Waals surface area contributed by atoms with Gasteiger partial charge < -0.3 is 24.4 Å². The number of oxime groups is 1. The number of hydrogen-bond donors (Lipinski definition) is 3. The van der Waals surface area contributed by atoms with Gasteiger partial charge in [0.25, 0.3) is 11.8 Å². The van der Waals surface area contributed by atoms with Crippen molar-refractivity contribution in [2.75, 3.05) is 11.1 Å². The van der Waals surface area contributed by atoms with Gasteiger partial charge in [0.05, 0.1) is 16.2 Å². The highest BCUT2D eigenvalue weighted by Gasteiger charge is 2.56. The molecule has 17 nitrogen and oxygen atoms in total. The largest absolute Gasteiger partial charge is 0.448 e. The summed E-state index contributed by atoms with van der Waals surface area (Å²) in [5.41, 5.74) is 3.19. The van der Waals surface area contributed by atoms with Crippen LogP contribution in [0.5, 0.6) is 0 Å². The van der Waals surface area contributed by atoms with Gasteiger partial charge >= 0.3 is 18.0 Å². The standard InChI is InChI=1S/C68H58N8O9S4/c1-43(62(79)82-57(44-26-12-5-13-27-44)45-28-14-6-15-29-45)85-74-54(51-41-87-65(70-51)72-66(81)84-67(2,3)4)59(77)71-55-60(78)76-56(63(80)83-58(46-30-16-7-17-31-46)47-32-18-8-19-33-47)52(42-86-61(55)76)88-64(89-53-40-69-75-73-53)68(48-34-20-9-21-35-48,49-36-22-10-23-37-49)50-38-24-11-25-39-50/h5-41,55,57-58,61,64H,1,42H2,2-4H3,(H,71,77)(H,69,73,75)(H,70,72,81)/b74-54+/t55-,61-,64?/m1/s1. The number of fused-ring (bicyclic) bond motifs is 1. The predicted molar refractivity (Wildman–Crippen MR) is 345 cm³/mol. The van der Waals surface area contributed by atoms with Gasteiger partial charge in [-0.1, -0.05) is 234 Å². The molecule has 3 atom stereocenters. The zero-order valence-electron chi connectivity index (χ0n) is 48.2. The normalized spacial score (nSPS) is 15.3. The Kier molecular flexibility index (Phi) is 19.0. The van der Waals surface area contributed by atoms with Crippen molar-refractivity contribution in [3.05, 3.63) is 291 Å². The van der Waals surface area contributed by atoms with Crippen LogP contribution in [0.15, 0.2) is 257 Å². The van der Waals surface area contributed by atoms with Crippen LogP contribution in [0.3, 0.4) is 0 Å². The fraction of sp³-hybridized carbons (Fsp3) is 0.162. The minimum Gasteiger partial charge on any atom is -0.448 e. The van der Waals surface area contributed by atoms with Crippen molar-refractivity contribution in [3.8, 4) is 0 Å². The van der Waals surface area contributed by atoms with Crippen LogP contribution in [0.2, 0.25) is 0 Å². The Morgan fingerprint density at radius 2 is 1.17 bits per heavy atom. The third-order valence-corrected chi connectivity index (χ3v) is 19.2. The van der Waals surface area contributed by atoms with Crippen LogP contribution in [0.1, 0.15) is 77.6 Å². The summed E-state index contributed by atoms with van der Waals surface area (Å²) in [6, 6.07) is 66.0. The van der Waals surface area contributed by atoms with Gasteiger partial charge in [-0.25, -0.2) is 19.4 Å². The van der Waals surface area contributed by atoms with E-state index in [4.69, 9.17) is 19.0 Å². The second kappa shape index (κ2) is 27.7. The quantitative estimate of drug-likeness (QED) is 0.00549. The first kappa shape index (κ1) is 61.1. The van der Waals surface area contributed by atoms with Gasteiger partial charge in [0, 0.05) is 16.0 Å². The number of amides is 3. The molecule has 3 amide bonds. The van der Waals surface area contributed by atoms with E-state index >= 15 is 9.59 Å². The summed E-state index contributed by atoms with van der Waals surface area (Å²) in [5, 5.41) is 22.2. The molecule has 11 rings (SSSR count). The van der Waals surface area contributed by atoms with E-state index in [0.29, 0.717) is 32.2 Å². The van der Waals surface area contributed by atoms with E-state index in [2.05, 4.69) is 79.2 Å². The summed E-state index contributed by atoms with van der Waals surface area (Å²) < 4.78 is 17.5. The number of ether oxygens (including phenoxy) is 3. The number of nitrogens with zero attached hydrogens (tertiary/aromatic N) is 5. The topological polar surface area (TPSA) is 216 Å². The van der Waals surface area contributed by atoms with E-state index in [-0.39, 0.29) is 22.3 Å². The lowest BCUT2D eigenvalue weighted by Gasteiger charge is -2.50. The molecular formula is C68H58N8O9S4. The fourth-order valence-electron chi connectivity index (χ4n) is 10.3. The van der Waals surface area contributed by atoms with E-state index in [1.807, 2.05) is 176 Å². The Bertz CT molecular complexity index is 3840. The number of aromatic amines is 1. The van der Waals surface area contributed by atoms with Crippen molar-refractivity contribution in [2.45, 2.75) is 65.0 Å². The SMILES string of the molecule is C=C(O/N=C(/C(=O)N[C@@H]1C(=O)N2C(C(=O)OC(c3ccccc3)c3ccccc3)=C(SC(Sc3c[nH]nn3)C(c3ccccc3)(c3ccccc3)c3ccccc3)CS[C@H]12)c1csc(NC(=O)OC(C)(C)C)n1)C(=O)OC(c1ccccc1)c1ccccc1. The first-order valence-electron chi connectivity index (χ1n) is 28.1. The van der Waals surface area contributed by atoms with Crippen LogP contribution in [-0.4, -0.2) is 88.2 Å². The molecule has 0 spiro atoms. The molecule has 21 heteroatoms. The smallest absolute Gasteiger partial charge is 0.413 e. The lowest BCUT2D eigenvalue weighted by molar-refractivity contribution is -0.154. The number of β-lactam (4-membered cyclic amide) rings is 1. The first-order valence-corrected chi connectivity index (χ1v) is 31.8. The number of carbonyl (C=O) groups excluding carboxylic acids is 5. The molecule has 2 aliphatic heterocycles. The highest BCUT2D eigenvalue weighted by Crippen LogP contribution is 2.56. The summed E-state index contributed by atoms with van der Waals surface area (Å²) in [6.45, 7) is 8.92. The molecule has 1 unspecified atom stereocenters. The Balaban J connectivity index is 0.963. The van der Waals surface area contributed by atoms with Crippen LogP contribution < -0.4 is 10.6 Å². The van der Waals surface area contributed by atoms with Crippen molar-refractivity contribution in [1.82, 2.24) is 30.6 Å². The van der Waals surface area contributed by atoms with Crippen molar-refractivity contribution >= 4 is 87.3 Å². The highest BCUT2D eigenvalue weighted by molar-refractivity contribution is 8.19. The van der Waals surface area contributed by atoms with Gasteiger partial charge in [-0.05, 0) is 66.3 Å². The summed E-state index contributed by atoms with van der Waals surface area (Å²) in [7, 11) is 0. The number of hydrogen-bond acceptors (Lipinski definition) is 17. The lowest BCUT2D eigenvalue weighted by Crippen LogP contribution is -2.71. The molecule has 0 bridgehead atoms. The molecule has 9 aromatic rings. The second-order valence-electron chi connectivity index (χ2n) is 21.3. The second-order valence-corrected chi connectivity index (χ2v) is 25.8. The van der Waals surface area contributed by atoms with Gasteiger partial charge in [-0.2, -0.15) is 0 Å². The molecule has 1 saturated heterocycles. The molecule has 1 fully saturated rings. The zero-order valence-corrected chi connectivity index (χ0v) is 51.5. The van der Waals surface area contributed by atoms with Crippen molar-refractivity contribution in [2.24, 2.45) is 5.16 Å². The third-order valence-electron chi connectivity index (χ3n) is 14.2. The Labute approximate surface area is 530 Å². The number of carbonyl (C=O) groups is 5. The molecule has 7 aromatic carbocycles. The molecule has 0 saturated carbocycles. The first-order chi connectivity index (χ1) is 43.2. The monoisotopic (exact) mass is 1260 g/mol. The molecule has 448 valence electrons. The lowest BCUT2D eigenvalue weighted by atomic mass is 9.70. The molecule has 2 aliphatic rings. The maximum atomic E-state index is 15.7. The number of esters is 2. The maximum absolute atomic E-state index is 15.7. The number of aromatic nitrogens is 4. The minimum absolute atomic E-state index is 0.00588. The van der Waals surface area contributed by atoms with E-state index < -0.39 is 80.5 Å². The minimum atomic E-state index is -1.26. The van der Waals surface area contributed by atoms with E-state index in [9.17, 15) is 14.4 Å². The molecule has 89 heavy (non-hydrogen) atoms. The summed E-state index contributed by atoms with van der Waals surface area (Å²) >= 11 is 5.17. The molecular weight excluding hydrogens is 1200 g/mol. The van der Waals surface area contributed by atoms with Crippen molar-refractivity contribution in [1.29, 1.82) is 0 Å². The zero-order chi connectivity index (χ0) is 61.9. The number of nitrogens with one attached hydrogen (secondary N) is 3. The molecule has 2 aromatic heterocycles. The number of thioether (sulfide) groups is 3. The molecule has 3 N–H and O–H groups in total. The third kappa shape index (κ3) is 13.9. The van der Waals surface area contributed by atoms with Crippen LogP contribution in [0.25, 0.3) is 0 Å². The average Bonchev–Trinajstić information content (AvgIpc) is 0.987. The number of thiazole rings is 1. The molecule has 4 heterocycles. The molecule has 0 aliphatic carbocycles. The average molecular weight is 1260 g/mol. The number of rotatable bonds is 22. The van der Waals surface area contributed by atoms with Crippen LogP contribution in [-0.2, 0) is 43.6 Å². The van der Waals surface area contributed by atoms with E-state index in [1.54, 1.807) is 27.0 Å². The van der Waals surface area contributed by atoms with Gasteiger partial charge in [0.15, 0.2) is 23.1 Å². The Morgan fingerprint density at radius 1 is 0.685 bits per heavy atom. The van der Waals surface area contributed by atoms with Gasteiger partial charge in [-0.3, -0.25) is 24.9 Å². The Hall–Kier alpha value is -9.54. The fourth-order valence-corrected chi connectivity index (χ4v) is 15.6. The Morgan fingerprint density at radius 3 is 1.64 bits per heavy atom. The highest BCUT2D eigenvalue weighted by atomic mass is 32.2. The summed E-state index contributed by atoms with van der Waals surface area (Å²) in [4.78, 5) is 84.8. The molecule has 0 radical (unpaired) electrons.